The van der Waals surface area contributed by atoms with Crippen LogP contribution in [0.25, 0.3) is 10.9 Å². The van der Waals surface area contributed by atoms with Crippen molar-refractivity contribution in [1.29, 1.82) is 5.26 Å². The van der Waals surface area contributed by atoms with Crippen LogP contribution in [0.15, 0.2) is 29.3 Å². The molecule has 13 heteroatoms. The van der Waals surface area contributed by atoms with Crippen molar-refractivity contribution in [3.63, 3.8) is 0 Å². The lowest BCUT2D eigenvalue weighted by Gasteiger charge is -2.40. The number of halogens is 1. The summed E-state index contributed by atoms with van der Waals surface area (Å²) in [5.74, 6) is -0.238. The van der Waals surface area contributed by atoms with Gasteiger partial charge in [0.15, 0.2) is 5.01 Å². The molecule has 2 unspecified atom stereocenters. The van der Waals surface area contributed by atoms with Gasteiger partial charge in [-0.2, -0.15) is 9.57 Å². The highest BCUT2D eigenvalue weighted by Gasteiger charge is 2.38. The van der Waals surface area contributed by atoms with Gasteiger partial charge in [-0.25, -0.2) is 13.4 Å². The van der Waals surface area contributed by atoms with Crippen molar-refractivity contribution in [2.45, 2.75) is 43.0 Å². The molecule has 5 rings (SSSR count). The highest BCUT2D eigenvalue weighted by Crippen LogP contribution is 2.29. The standard InChI is InChI=1S/C22H24ClN7O3S2/c23-14-3-4-16-13(8-14)9-20(27-16)35(32,33)29-6-7-30(15(12-29)2-1-5-24)22(31)21-28-17-10-19(25)26-11-18(17)34-21/h3-4,8-9,15,19,26-27H,1-2,6-7,10-12,25H2. The number of benzene rings is 1. The molecule has 1 saturated heterocycles. The Morgan fingerprint density at radius 3 is 2.97 bits per heavy atom. The van der Waals surface area contributed by atoms with Gasteiger partial charge >= 0.3 is 0 Å². The summed E-state index contributed by atoms with van der Waals surface area (Å²) in [6.07, 6.45) is 0.943. The van der Waals surface area contributed by atoms with E-state index < -0.39 is 16.1 Å². The van der Waals surface area contributed by atoms with Gasteiger partial charge in [0.05, 0.1) is 17.9 Å². The second-order valence-corrected chi connectivity index (χ2v) is 12.1. The number of carbonyl (C=O) groups excluding carboxylic acids is 1. The van der Waals surface area contributed by atoms with E-state index in [1.165, 1.54) is 15.6 Å². The molecule has 184 valence electrons. The summed E-state index contributed by atoms with van der Waals surface area (Å²) in [4.78, 5) is 23.5. The highest BCUT2D eigenvalue weighted by atomic mass is 35.5. The van der Waals surface area contributed by atoms with Gasteiger partial charge in [-0.1, -0.05) is 11.6 Å². The van der Waals surface area contributed by atoms with Gasteiger partial charge in [0.2, 0.25) is 0 Å². The van der Waals surface area contributed by atoms with Crippen LogP contribution in [-0.4, -0.2) is 65.3 Å². The van der Waals surface area contributed by atoms with Crippen molar-refractivity contribution in [3.8, 4) is 6.07 Å². The summed E-state index contributed by atoms with van der Waals surface area (Å²) in [6, 6.07) is 8.37. The normalized spacial score (nSPS) is 21.1. The van der Waals surface area contributed by atoms with Crippen LogP contribution in [0.4, 0.5) is 0 Å². The van der Waals surface area contributed by atoms with Crippen LogP contribution in [-0.2, 0) is 23.0 Å². The molecule has 0 aliphatic carbocycles. The molecule has 10 nitrogen and oxygen atoms in total. The quantitative estimate of drug-likeness (QED) is 0.454. The van der Waals surface area contributed by atoms with Crippen LogP contribution < -0.4 is 11.1 Å². The number of amides is 1. The fraction of sp³-hybridized carbons (Fsp3) is 0.409. The number of thiazole rings is 1. The molecular weight excluding hydrogens is 510 g/mol. The molecular formula is C22H24ClN7O3S2. The molecule has 0 saturated carbocycles. The number of hydrogen-bond donors (Lipinski definition) is 3. The average molecular weight is 534 g/mol. The Kier molecular flexibility index (Phi) is 6.56. The maximum atomic E-state index is 13.4. The van der Waals surface area contributed by atoms with E-state index in [1.54, 1.807) is 29.2 Å². The lowest BCUT2D eigenvalue weighted by Crippen LogP contribution is -2.56. The monoisotopic (exact) mass is 533 g/mol. The number of fused-ring (bicyclic) bond motifs is 2. The average Bonchev–Trinajstić information content (AvgIpc) is 3.46. The molecule has 1 fully saturated rings. The molecule has 35 heavy (non-hydrogen) atoms. The van der Waals surface area contributed by atoms with Crippen LogP contribution in [0.1, 0.15) is 33.2 Å². The number of nitrogens with two attached hydrogens (primary N) is 1. The smallest absolute Gasteiger partial charge is 0.283 e. The molecule has 0 spiro atoms. The highest BCUT2D eigenvalue weighted by molar-refractivity contribution is 7.89. The summed E-state index contributed by atoms with van der Waals surface area (Å²) in [5, 5.41) is 14.0. The fourth-order valence-corrected chi connectivity index (χ4v) is 7.21. The molecule has 3 aromatic rings. The van der Waals surface area contributed by atoms with Gasteiger partial charge < -0.3 is 15.6 Å². The number of nitriles is 1. The number of aromatic nitrogens is 2. The van der Waals surface area contributed by atoms with Crippen molar-refractivity contribution in [3.05, 3.63) is 44.9 Å². The Bertz CT molecular complexity index is 1430. The summed E-state index contributed by atoms with van der Waals surface area (Å²) >= 11 is 7.38. The number of nitrogens with one attached hydrogen (secondary N) is 2. The Morgan fingerprint density at radius 2 is 2.17 bits per heavy atom. The molecule has 2 aliphatic heterocycles. The molecule has 4 N–H and O–H groups in total. The maximum Gasteiger partial charge on any atom is 0.283 e. The van der Waals surface area contributed by atoms with E-state index in [0.29, 0.717) is 40.3 Å². The molecule has 2 aromatic heterocycles. The minimum Gasteiger partial charge on any atom is -0.345 e. The van der Waals surface area contributed by atoms with E-state index in [0.717, 1.165) is 10.6 Å². The van der Waals surface area contributed by atoms with E-state index >= 15 is 0 Å². The number of rotatable bonds is 5. The first kappa shape index (κ1) is 24.2. The number of aromatic amines is 1. The number of hydrogen-bond acceptors (Lipinski definition) is 8. The number of H-pyrrole nitrogens is 1. The van der Waals surface area contributed by atoms with Crippen LogP contribution in [0.3, 0.4) is 0 Å². The molecule has 1 aromatic carbocycles. The first-order valence-corrected chi connectivity index (χ1v) is 13.8. The van der Waals surface area contributed by atoms with Gasteiger partial charge in [-0.05, 0) is 30.7 Å². The Morgan fingerprint density at radius 1 is 1.34 bits per heavy atom. The number of nitrogens with zero attached hydrogens (tertiary/aromatic N) is 4. The van der Waals surface area contributed by atoms with Gasteiger partial charge in [0, 0.05) is 65.9 Å². The van der Waals surface area contributed by atoms with Gasteiger partial charge in [0.1, 0.15) is 5.03 Å². The van der Waals surface area contributed by atoms with E-state index in [9.17, 15) is 13.2 Å². The molecule has 0 bridgehead atoms. The second kappa shape index (κ2) is 9.50. The fourth-order valence-electron chi connectivity index (χ4n) is 4.55. The Hall–Kier alpha value is -2.53. The van der Waals surface area contributed by atoms with Gasteiger partial charge in [0.25, 0.3) is 15.9 Å². The lowest BCUT2D eigenvalue weighted by molar-refractivity contribution is 0.0552. The van der Waals surface area contributed by atoms with Crippen molar-refractivity contribution in [1.82, 2.24) is 24.5 Å². The van der Waals surface area contributed by atoms with Crippen molar-refractivity contribution in [2.75, 3.05) is 19.6 Å². The predicted octanol–water partition coefficient (Wildman–Crippen LogP) is 2.03. The van der Waals surface area contributed by atoms with Gasteiger partial charge in [-0.15, -0.1) is 11.3 Å². The number of sulfonamides is 1. The first-order valence-electron chi connectivity index (χ1n) is 11.2. The van der Waals surface area contributed by atoms with E-state index in [-0.39, 0.29) is 43.2 Å². The van der Waals surface area contributed by atoms with Crippen LogP contribution in [0, 0.1) is 11.3 Å². The lowest BCUT2D eigenvalue weighted by atomic mass is 10.1. The van der Waals surface area contributed by atoms with Gasteiger partial charge in [-0.3, -0.25) is 10.1 Å². The van der Waals surface area contributed by atoms with E-state index in [4.69, 9.17) is 22.6 Å². The zero-order valence-electron chi connectivity index (χ0n) is 18.7. The van der Waals surface area contributed by atoms with E-state index in [2.05, 4.69) is 21.4 Å². The van der Waals surface area contributed by atoms with Crippen molar-refractivity contribution < 1.29 is 13.2 Å². The largest absolute Gasteiger partial charge is 0.345 e. The van der Waals surface area contributed by atoms with Crippen molar-refractivity contribution >= 4 is 49.8 Å². The summed E-state index contributed by atoms with van der Waals surface area (Å²) < 4.78 is 28.2. The minimum atomic E-state index is -3.84. The first-order chi connectivity index (χ1) is 16.8. The van der Waals surface area contributed by atoms with Crippen LogP contribution >= 0.6 is 22.9 Å². The second-order valence-electron chi connectivity index (χ2n) is 8.66. The third-order valence-electron chi connectivity index (χ3n) is 6.37. The summed E-state index contributed by atoms with van der Waals surface area (Å²) in [5.41, 5.74) is 7.45. The van der Waals surface area contributed by atoms with Crippen LogP contribution in [0.5, 0.6) is 0 Å². The molecule has 4 heterocycles. The summed E-state index contributed by atoms with van der Waals surface area (Å²) in [7, 11) is -3.84. The molecule has 2 atom stereocenters. The van der Waals surface area contributed by atoms with Crippen molar-refractivity contribution in [2.24, 2.45) is 5.73 Å². The minimum absolute atomic E-state index is 0.0741. The Balaban J connectivity index is 1.38. The zero-order valence-corrected chi connectivity index (χ0v) is 21.1. The zero-order chi connectivity index (χ0) is 24.7. The van der Waals surface area contributed by atoms with E-state index in [1.807, 2.05) is 0 Å². The Labute approximate surface area is 211 Å². The maximum absolute atomic E-state index is 13.4. The molecule has 0 radical (unpaired) electrons. The van der Waals surface area contributed by atoms with Crippen LogP contribution in [0.2, 0.25) is 5.02 Å². The number of piperazine rings is 1. The summed E-state index contributed by atoms with van der Waals surface area (Å²) in [6.45, 7) is 1.03. The molecule has 2 aliphatic rings. The number of carbonyl (C=O) groups is 1. The third-order valence-corrected chi connectivity index (χ3v) is 9.48. The molecule has 1 amide bonds. The SMILES string of the molecule is N#CCCC1CN(S(=O)(=O)c2cc3cc(Cl)ccc3[nH]2)CCN1C(=O)c1nc2c(s1)CNC(N)C2. The predicted molar refractivity (Wildman–Crippen MR) is 132 cm³/mol. The topological polar surface area (TPSA) is 148 Å². The third kappa shape index (κ3) is 4.67.